The van der Waals surface area contributed by atoms with E-state index in [0.717, 1.165) is 5.56 Å². The molecule has 0 spiro atoms. The SMILES string of the molecule is NC(=O)c1cc(NC(=O)c2cc3cc(F)ccc3[nH]2)ccc1OCc1ccccc1. The highest BCUT2D eigenvalue weighted by molar-refractivity contribution is 6.06. The first-order chi connectivity index (χ1) is 14.5. The molecule has 0 saturated carbocycles. The Hall–Kier alpha value is -4.13. The van der Waals surface area contributed by atoms with Gasteiger partial charge in [0.2, 0.25) is 0 Å². The molecule has 0 unspecified atom stereocenters. The molecule has 30 heavy (non-hydrogen) atoms. The second-order valence-corrected chi connectivity index (χ2v) is 6.72. The number of ether oxygens (including phenoxy) is 1. The van der Waals surface area contributed by atoms with Gasteiger partial charge < -0.3 is 20.8 Å². The minimum absolute atomic E-state index is 0.155. The monoisotopic (exact) mass is 403 g/mol. The predicted octanol–water partition coefficient (Wildman–Crippen LogP) is 4.24. The molecule has 7 heteroatoms. The highest BCUT2D eigenvalue weighted by Gasteiger charge is 2.14. The summed E-state index contributed by atoms with van der Waals surface area (Å²) in [7, 11) is 0. The van der Waals surface area contributed by atoms with Crippen molar-refractivity contribution >= 4 is 28.4 Å². The first-order valence-corrected chi connectivity index (χ1v) is 9.20. The molecule has 0 aliphatic heterocycles. The second kappa shape index (κ2) is 8.08. The number of H-pyrrole nitrogens is 1. The molecule has 2 amide bonds. The molecule has 1 aromatic heterocycles. The molecule has 0 aliphatic rings. The first-order valence-electron chi connectivity index (χ1n) is 9.20. The normalized spacial score (nSPS) is 10.7. The van der Waals surface area contributed by atoms with Crippen molar-refractivity contribution in [2.24, 2.45) is 5.73 Å². The zero-order valence-electron chi connectivity index (χ0n) is 15.8. The Bertz CT molecular complexity index is 1240. The number of anilines is 1. The van der Waals surface area contributed by atoms with E-state index in [0.29, 0.717) is 22.3 Å². The first kappa shape index (κ1) is 19.2. The summed E-state index contributed by atoms with van der Waals surface area (Å²) in [5.41, 5.74) is 7.87. The predicted molar refractivity (Wildman–Crippen MR) is 112 cm³/mol. The lowest BCUT2D eigenvalue weighted by atomic mass is 10.1. The highest BCUT2D eigenvalue weighted by Crippen LogP contribution is 2.24. The standard InChI is InChI=1S/C23H18FN3O3/c24-16-6-8-19-15(10-16)11-20(27-19)23(29)26-17-7-9-21(18(12-17)22(25)28)30-13-14-4-2-1-3-5-14/h1-12,27H,13H2,(H2,25,28)(H,26,29). The van der Waals surface area contributed by atoms with E-state index in [4.69, 9.17) is 10.5 Å². The molecule has 0 saturated heterocycles. The zero-order chi connectivity index (χ0) is 21.1. The van der Waals surface area contributed by atoms with Gasteiger partial charge in [0.25, 0.3) is 11.8 Å². The van der Waals surface area contributed by atoms with Crippen LogP contribution in [0.1, 0.15) is 26.4 Å². The van der Waals surface area contributed by atoms with Gasteiger partial charge in [0.05, 0.1) is 5.56 Å². The number of hydrogen-bond acceptors (Lipinski definition) is 3. The summed E-state index contributed by atoms with van der Waals surface area (Å²) in [6.07, 6.45) is 0. The number of nitrogens with two attached hydrogens (primary N) is 1. The Labute approximate surface area is 171 Å². The largest absolute Gasteiger partial charge is 0.488 e. The molecular formula is C23H18FN3O3. The topological polar surface area (TPSA) is 97.2 Å². The van der Waals surface area contributed by atoms with Gasteiger partial charge in [-0.2, -0.15) is 0 Å². The van der Waals surface area contributed by atoms with E-state index in [9.17, 15) is 14.0 Å². The summed E-state index contributed by atoms with van der Waals surface area (Å²) < 4.78 is 19.1. The second-order valence-electron chi connectivity index (χ2n) is 6.72. The summed E-state index contributed by atoms with van der Waals surface area (Å²) in [6, 6.07) is 19.9. The van der Waals surface area contributed by atoms with E-state index < -0.39 is 11.8 Å². The van der Waals surface area contributed by atoms with Gasteiger partial charge in [-0.15, -0.1) is 0 Å². The molecule has 4 N–H and O–H groups in total. The van der Waals surface area contributed by atoms with E-state index in [2.05, 4.69) is 10.3 Å². The number of aromatic nitrogens is 1. The molecule has 6 nitrogen and oxygen atoms in total. The van der Waals surface area contributed by atoms with Gasteiger partial charge in [0.15, 0.2) is 0 Å². The van der Waals surface area contributed by atoms with Crippen LogP contribution in [0.2, 0.25) is 0 Å². The molecule has 0 fully saturated rings. The van der Waals surface area contributed by atoms with E-state index in [1.165, 1.54) is 18.2 Å². The Morgan fingerprint density at radius 1 is 1.00 bits per heavy atom. The van der Waals surface area contributed by atoms with Crippen molar-refractivity contribution in [3.63, 3.8) is 0 Å². The minimum atomic E-state index is -0.671. The summed E-state index contributed by atoms with van der Waals surface area (Å²) in [4.78, 5) is 27.4. The number of fused-ring (bicyclic) bond motifs is 1. The molecule has 4 rings (SSSR count). The number of hydrogen-bond donors (Lipinski definition) is 3. The fourth-order valence-corrected chi connectivity index (χ4v) is 3.09. The van der Waals surface area contributed by atoms with Crippen LogP contribution in [-0.2, 0) is 6.61 Å². The molecular weight excluding hydrogens is 385 g/mol. The van der Waals surface area contributed by atoms with E-state index >= 15 is 0 Å². The third-order valence-electron chi connectivity index (χ3n) is 4.57. The van der Waals surface area contributed by atoms with Crippen molar-refractivity contribution in [2.75, 3.05) is 5.32 Å². The molecule has 0 radical (unpaired) electrons. The summed E-state index contributed by atoms with van der Waals surface area (Å²) in [6.45, 7) is 0.276. The fourth-order valence-electron chi connectivity index (χ4n) is 3.09. The number of benzene rings is 3. The van der Waals surface area contributed by atoms with Crippen LogP contribution in [-0.4, -0.2) is 16.8 Å². The van der Waals surface area contributed by atoms with Gasteiger partial charge in [-0.25, -0.2) is 4.39 Å². The lowest BCUT2D eigenvalue weighted by molar-refractivity contribution is 0.0991. The van der Waals surface area contributed by atoms with Crippen LogP contribution in [0.4, 0.5) is 10.1 Å². The molecule has 150 valence electrons. The Kier molecular flexibility index (Phi) is 5.17. The van der Waals surface area contributed by atoms with Crippen LogP contribution < -0.4 is 15.8 Å². The van der Waals surface area contributed by atoms with Crippen LogP contribution in [0.5, 0.6) is 5.75 Å². The van der Waals surface area contributed by atoms with Crippen molar-refractivity contribution < 1.29 is 18.7 Å². The van der Waals surface area contributed by atoms with Gasteiger partial charge >= 0.3 is 0 Å². The Morgan fingerprint density at radius 3 is 2.57 bits per heavy atom. The third-order valence-corrected chi connectivity index (χ3v) is 4.57. The Morgan fingerprint density at radius 2 is 1.80 bits per heavy atom. The van der Waals surface area contributed by atoms with Crippen LogP contribution in [0, 0.1) is 5.82 Å². The van der Waals surface area contributed by atoms with Crippen LogP contribution >= 0.6 is 0 Å². The molecule has 4 aromatic rings. The smallest absolute Gasteiger partial charge is 0.272 e. The number of aromatic amines is 1. The number of primary amides is 1. The number of carbonyl (C=O) groups is 2. The molecule has 0 aliphatic carbocycles. The Balaban J connectivity index is 1.52. The number of rotatable bonds is 6. The molecule has 3 aromatic carbocycles. The minimum Gasteiger partial charge on any atom is -0.488 e. The van der Waals surface area contributed by atoms with Crippen molar-refractivity contribution in [2.45, 2.75) is 6.61 Å². The maximum atomic E-state index is 13.4. The molecule has 0 atom stereocenters. The average molecular weight is 403 g/mol. The average Bonchev–Trinajstić information content (AvgIpc) is 3.17. The zero-order valence-corrected chi connectivity index (χ0v) is 15.8. The van der Waals surface area contributed by atoms with E-state index in [1.54, 1.807) is 24.3 Å². The van der Waals surface area contributed by atoms with Gasteiger partial charge in [0.1, 0.15) is 23.9 Å². The number of carbonyl (C=O) groups excluding carboxylic acids is 2. The van der Waals surface area contributed by atoms with Gasteiger partial charge in [-0.1, -0.05) is 30.3 Å². The third kappa shape index (κ3) is 4.15. The van der Waals surface area contributed by atoms with Gasteiger partial charge in [-0.3, -0.25) is 9.59 Å². The van der Waals surface area contributed by atoms with Gasteiger partial charge in [-0.05, 0) is 48.0 Å². The quantitative estimate of drug-likeness (QED) is 0.449. The number of nitrogens with one attached hydrogen (secondary N) is 2. The molecule has 1 heterocycles. The molecule has 0 bridgehead atoms. The number of halogens is 1. The van der Waals surface area contributed by atoms with Crippen LogP contribution in [0.15, 0.2) is 72.8 Å². The van der Waals surface area contributed by atoms with Gasteiger partial charge in [0, 0.05) is 16.6 Å². The highest BCUT2D eigenvalue weighted by atomic mass is 19.1. The fraction of sp³-hybridized carbons (Fsp3) is 0.0435. The van der Waals surface area contributed by atoms with Crippen LogP contribution in [0.25, 0.3) is 10.9 Å². The van der Waals surface area contributed by atoms with Crippen molar-refractivity contribution in [3.05, 3.63) is 95.4 Å². The summed E-state index contributed by atoms with van der Waals surface area (Å²) in [5, 5.41) is 3.29. The van der Waals surface area contributed by atoms with Crippen molar-refractivity contribution in [1.82, 2.24) is 4.98 Å². The van der Waals surface area contributed by atoms with E-state index in [1.807, 2.05) is 30.3 Å². The summed E-state index contributed by atoms with van der Waals surface area (Å²) >= 11 is 0. The van der Waals surface area contributed by atoms with Crippen LogP contribution in [0.3, 0.4) is 0 Å². The maximum Gasteiger partial charge on any atom is 0.272 e. The lowest BCUT2D eigenvalue weighted by Gasteiger charge is -2.12. The lowest BCUT2D eigenvalue weighted by Crippen LogP contribution is -2.16. The van der Waals surface area contributed by atoms with Crippen molar-refractivity contribution in [3.8, 4) is 5.75 Å². The van der Waals surface area contributed by atoms with E-state index in [-0.39, 0.29) is 23.7 Å². The van der Waals surface area contributed by atoms with Crippen molar-refractivity contribution in [1.29, 1.82) is 0 Å². The summed E-state index contributed by atoms with van der Waals surface area (Å²) in [5.74, 6) is -1.16. The number of amides is 2. The maximum absolute atomic E-state index is 13.4.